The zero-order valence-corrected chi connectivity index (χ0v) is 14.5. The third-order valence-electron chi connectivity index (χ3n) is 3.94. The Morgan fingerprint density at radius 3 is 2.83 bits per heavy atom. The number of likely N-dealkylation sites (N-methyl/N-ethyl adjacent to an activating group) is 1. The lowest BCUT2D eigenvalue weighted by Crippen LogP contribution is -2.45. The number of para-hydroxylation sites is 1. The van der Waals surface area contributed by atoms with Crippen molar-refractivity contribution in [3.63, 3.8) is 0 Å². The summed E-state index contributed by atoms with van der Waals surface area (Å²) in [5.41, 5.74) is 1.24. The fraction of sp³-hybridized carbons (Fsp3) is 0.444. The van der Waals surface area contributed by atoms with Crippen molar-refractivity contribution >= 4 is 17.6 Å². The van der Waals surface area contributed by atoms with Crippen molar-refractivity contribution in [1.29, 1.82) is 0 Å². The Bertz CT molecular complexity index is 570. The van der Waals surface area contributed by atoms with Crippen LogP contribution < -0.4 is 15.5 Å². The van der Waals surface area contributed by atoms with Gasteiger partial charge in [-0.2, -0.15) is 0 Å². The molecule has 0 saturated carbocycles. The average molecular weight is 329 g/mol. The molecule has 0 radical (unpaired) electrons. The highest BCUT2D eigenvalue weighted by atomic mass is 16.2. The largest absolute Gasteiger partial charge is 0.369 e. The number of rotatable bonds is 6. The van der Waals surface area contributed by atoms with E-state index in [1.54, 1.807) is 25.1 Å². The number of nitrogens with one attached hydrogen (secondary N) is 2. The first-order valence-electron chi connectivity index (χ1n) is 8.26. The second kappa shape index (κ2) is 8.96. The fourth-order valence-corrected chi connectivity index (χ4v) is 2.55. The number of guanidine groups is 1. The molecule has 1 heterocycles. The van der Waals surface area contributed by atoms with E-state index in [0.29, 0.717) is 18.5 Å². The Morgan fingerprint density at radius 1 is 1.42 bits per heavy atom. The van der Waals surface area contributed by atoms with Crippen LogP contribution in [-0.2, 0) is 4.79 Å². The maximum absolute atomic E-state index is 11.7. The maximum Gasteiger partial charge on any atom is 0.243 e. The predicted octanol–water partition coefficient (Wildman–Crippen LogP) is 1.07. The summed E-state index contributed by atoms with van der Waals surface area (Å²) < 4.78 is 0. The average Bonchev–Trinajstić information content (AvgIpc) is 3.06. The van der Waals surface area contributed by atoms with Gasteiger partial charge in [0.1, 0.15) is 6.54 Å². The first kappa shape index (κ1) is 17.8. The molecule has 2 rings (SSSR count). The molecular weight excluding hydrogens is 302 g/mol. The van der Waals surface area contributed by atoms with Gasteiger partial charge in [0.05, 0.1) is 0 Å². The Morgan fingerprint density at radius 2 is 2.17 bits per heavy atom. The lowest BCUT2D eigenvalue weighted by atomic mass is 10.3. The van der Waals surface area contributed by atoms with Crippen LogP contribution >= 0.6 is 0 Å². The summed E-state index contributed by atoms with van der Waals surface area (Å²) in [5.74, 6) is 0.636. The van der Waals surface area contributed by atoms with E-state index in [2.05, 4.69) is 51.4 Å². The maximum atomic E-state index is 11.7. The van der Waals surface area contributed by atoms with Gasteiger partial charge in [-0.15, -0.1) is 6.58 Å². The summed E-state index contributed by atoms with van der Waals surface area (Å²) in [6, 6.07) is 10.7. The number of hydrogen-bond acceptors (Lipinski definition) is 3. The van der Waals surface area contributed by atoms with Gasteiger partial charge >= 0.3 is 0 Å². The normalized spacial score (nSPS) is 17.5. The molecule has 0 bridgehead atoms. The predicted molar refractivity (Wildman–Crippen MR) is 99.4 cm³/mol. The number of benzene rings is 1. The van der Waals surface area contributed by atoms with Crippen LogP contribution in [-0.4, -0.2) is 63.1 Å². The molecule has 6 heteroatoms. The number of carbonyl (C=O) groups is 1. The highest BCUT2D eigenvalue weighted by Gasteiger charge is 2.23. The van der Waals surface area contributed by atoms with Gasteiger partial charge in [0.2, 0.25) is 5.91 Å². The molecule has 130 valence electrons. The molecule has 1 amide bonds. The molecule has 2 N–H and O–H groups in total. The molecule has 1 saturated heterocycles. The molecule has 24 heavy (non-hydrogen) atoms. The van der Waals surface area contributed by atoms with Gasteiger partial charge < -0.3 is 20.4 Å². The zero-order valence-electron chi connectivity index (χ0n) is 14.5. The SMILES string of the molecule is C=CCNC(=NCC(=O)N(C)C)NC1CCN(c2ccccc2)C1. The second-order valence-electron chi connectivity index (χ2n) is 6.03. The Kier molecular flexibility index (Phi) is 6.66. The summed E-state index contributed by atoms with van der Waals surface area (Å²) in [4.78, 5) is 20.0. The first-order chi connectivity index (χ1) is 11.6. The number of carbonyl (C=O) groups excluding carboxylic acids is 1. The molecule has 0 aromatic heterocycles. The van der Waals surface area contributed by atoms with E-state index in [1.807, 2.05) is 6.07 Å². The van der Waals surface area contributed by atoms with Crippen molar-refractivity contribution in [1.82, 2.24) is 15.5 Å². The lowest BCUT2D eigenvalue weighted by molar-refractivity contribution is -0.127. The molecule has 1 atom stereocenters. The van der Waals surface area contributed by atoms with Crippen LogP contribution in [0.25, 0.3) is 0 Å². The molecule has 1 aromatic rings. The van der Waals surface area contributed by atoms with Gasteiger partial charge in [-0.1, -0.05) is 24.3 Å². The van der Waals surface area contributed by atoms with Crippen molar-refractivity contribution in [3.05, 3.63) is 43.0 Å². The summed E-state index contributed by atoms with van der Waals surface area (Å²) in [7, 11) is 3.47. The van der Waals surface area contributed by atoms with Gasteiger partial charge in [0.25, 0.3) is 0 Å². The lowest BCUT2D eigenvalue weighted by Gasteiger charge is -2.20. The number of nitrogens with zero attached hydrogens (tertiary/aromatic N) is 3. The van der Waals surface area contributed by atoms with Gasteiger partial charge in [-0.3, -0.25) is 4.79 Å². The van der Waals surface area contributed by atoms with Crippen LogP contribution in [0.4, 0.5) is 5.69 Å². The Balaban J connectivity index is 1.93. The third kappa shape index (κ3) is 5.30. The minimum atomic E-state index is -0.0213. The van der Waals surface area contributed by atoms with Crippen LogP contribution in [0.2, 0.25) is 0 Å². The van der Waals surface area contributed by atoms with Crippen molar-refractivity contribution in [2.45, 2.75) is 12.5 Å². The highest BCUT2D eigenvalue weighted by molar-refractivity contribution is 5.85. The van der Waals surface area contributed by atoms with Gasteiger partial charge in [-0.05, 0) is 18.6 Å². The first-order valence-corrected chi connectivity index (χ1v) is 8.26. The van der Waals surface area contributed by atoms with E-state index < -0.39 is 0 Å². The van der Waals surface area contributed by atoms with Crippen LogP contribution in [0.5, 0.6) is 0 Å². The topological polar surface area (TPSA) is 60.0 Å². The molecule has 6 nitrogen and oxygen atoms in total. The number of amides is 1. The summed E-state index contributed by atoms with van der Waals surface area (Å²) >= 11 is 0. The van der Waals surface area contributed by atoms with E-state index >= 15 is 0 Å². The molecule has 1 unspecified atom stereocenters. The standard InChI is InChI=1S/C18H27N5O/c1-4-11-19-18(20-13-17(24)22(2)3)21-15-10-12-23(14-15)16-8-6-5-7-9-16/h4-9,15H,1,10-14H2,2-3H3,(H2,19,20,21). The fourth-order valence-electron chi connectivity index (χ4n) is 2.55. The summed E-state index contributed by atoms with van der Waals surface area (Å²) in [6.45, 7) is 6.38. The van der Waals surface area contributed by atoms with E-state index in [9.17, 15) is 4.79 Å². The number of aliphatic imine (C=N–C) groups is 1. The molecule has 0 spiro atoms. The van der Waals surface area contributed by atoms with Crippen molar-refractivity contribution in [2.75, 3.05) is 45.2 Å². The van der Waals surface area contributed by atoms with Crippen molar-refractivity contribution in [3.8, 4) is 0 Å². The van der Waals surface area contributed by atoms with E-state index in [-0.39, 0.29) is 12.5 Å². The molecule has 1 aliphatic rings. The van der Waals surface area contributed by atoms with Crippen LogP contribution in [0, 0.1) is 0 Å². The van der Waals surface area contributed by atoms with Gasteiger partial charge in [0.15, 0.2) is 5.96 Å². The second-order valence-corrected chi connectivity index (χ2v) is 6.03. The van der Waals surface area contributed by atoms with Crippen LogP contribution in [0.1, 0.15) is 6.42 Å². The van der Waals surface area contributed by atoms with Gasteiger partial charge in [0, 0.05) is 45.5 Å². The smallest absolute Gasteiger partial charge is 0.243 e. The van der Waals surface area contributed by atoms with E-state index in [0.717, 1.165) is 19.5 Å². The monoisotopic (exact) mass is 329 g/mol. The van der Waals surface area contributed by atoms with Crippen molar-refractivity contribution in [2.24, 2.45) is 4.99 Å². The molecule has 0 aliphatic carbocycles. The molecule has 1 aromatic carbocycles. The minimum absolute atomic E-state index is 0.0213. The Labute approximate surface area is 144 Å². The summed E-state index contributed by atoms with van der Waals surface area (Å²) in [5, 5.41) is 6.60. The minimum Gasteiger partial charge on any atom is -0.369 e. The van der Waals surface area contributed by atoms with Crippen molar-refractivity contribution < 1.29 is 4.79 Å². The number of anilines is 1. The molecule has 1 fully saturated rings. The molecule has 1 aliphatic heterocycles. The van der Waals surface area contributed by atoms with E-state index in [1.165, 1.54) is 5.69 Å². The van der Waals surface area contributed by atoms with Crippen LogP contribution in [0.3, 0.4) is 0 Å². The third-order valence-corrected chi connectivity index (χ3v) is 3.94. The van der Waals surface area contributed by atoms with Crippen LogP contribution in [0.15, 0.2) is 48.0 Å². The Hall–Kier alpha value is -2.50. The quantitative estimate of drug-likeness (QED) is 0.466. The molecular formula is C18H27N5O. The number of hydrogen-bond donors (Lipinski definition) is 2. The zero-order chi connectivity index (χ0) is 17.4. The van der Waals surface area contributed by atoms with E-state index in [4.69, 9.17) is 0 Å². The van der Waals surface area contributed by atoms with Gasteiger partial charge in [-0.25, -0.2) is 4.99 Å². The summed E-state index contributed by atoms with van der Waals surface area (Å²) in [6.07, 6.45) is 2.81. The highest BCUT2D eigenvalue weighted by Crippen LogP contribution is 2.19.